The van der Waals surface area contributed by atoms with Crippen LogP contribution in [0, 0.1) is 17.6 Å². The van der Waals surface area contributed by atoms with Crippen LogP contribution in [0.5, 0.6) is 5.75 Å². The normalized spacial score (nSPS) is 19.1. The van der Waals surface area contributed by atoms with Crippen molar-refractivity contribution in [3.8, 4) is 5.75 Å². The monoisotopic (exact) mass is 422 g/mol. The molecular formula is C21H21ClF2N2O3. The van der Waals surface area contributed by atoms with Gasteiger partial charge in [0.1, 0.15) is 23.5 Å². The number of primary amides is 1. The number of likely N-dealkylation sites (tertiary alicyclic amines) is 1. The quantitative estimate of drug-likeness (QED) is 0.776. The summed E-state index contributed by atoms with van der Waals surface area (Å²) in [4.78, 5) is 25.8. The first-order valence-electron chi connectivity index (χ1n) is 9.24. The molecule has 0 radical (unpaired) electrons. The molecule has 2 N–H and O–H groups in total. The van der Waals surface area contributed by atoms with Crippen LogP contribution in [-0.4, -0.2) is 35.9 Å². The van der Waals surface area contributed by atoms with Crippen molar-refractivity contribution in [1.82, 2.24) is 4.90 Å². The molecule has 1 aliphatic heterocycles. The van der Waals surface area contributed by atoms with E-state index in [0.29, 0.717) is 18.7 Å². The third-order valence-electron chi connectivity index (χ3n) is 4.97. The summed E-state index contributed by atoms with van der Waals surface area (Å²) in [6.45, 7) is 0.631. The Morgan fingerprint density at radius 2 is 1.90 bits per heavy atom. The van der Waals surface area contributed by atoms with Crippen LogP contribution < -0.4 is 10.5 Å². The maximum Gasteiger partial charge on any atom is 0.227 e. The zero-order chi connectivity index (χ0) is 21.0. The molecule has 0 unspecified atom stereocenters. The molecule has 1 aliphatic rings. The zero-order valence-corrected chi connectivity index (χ0v) is 16.4. The summed E-state index contributed by atoms with van der Waals surface area (Å²) in [7, 11) is 0. The smallest absolute Gasteiger partial charge is 0.227 e. The molecule has 0 aromatic heterocycles. The summed E-state index contributed by atoms with van der Waals surface area (Å²) < 4.78 is 33.0. The fourth-order valence-electron chi connectivity index (χ4n) is 3.50. The first-order chi connectivity index (χ1) is 13.8. The van der Waals surface area contributed by atoms with Gasteiger partial charge in [-0.1, -0.05) is 17.7 Å². The van der Waals surface area contributed by atoms with Crippen molar-refractivity contribution in [1.29, 1.82) is 0 Å². The molecule has 5 nitrogen and oxygen atoms in total. The lowest BCUT2D eigenvalue weighted by atomic mass is 9.90. The van der Waals surface area contributed by atoms with Crippen molar-refractivity contribution < 1.29 is 23.1 Å². The SMILES string of the molecule is NC(=O)C[C@H]1CN(C(=O)Cc2c(F)cccc2Cl)CC[C@@H]1Oc1ccc(F)cc1. The van der Waals surface area contributed by atoms with E-state index in [2.05, 4.69) is 0 Å². The van der Waals surface area contributed by atoms with Crippen molar-refractivity contribution in [3.05, 3.63) is 64.7 Å². The Kier molecular flexibility index (Phi) is 6.69. The molecule has 154 valence electrons. The summed E-state index contributed by atoms with van der Waals surface area (Å²) in [6, 6.07) is 9.86. The number of hydrogen-bond donors (Lipinski definition) is 1. The van der Waals surface area contributed by atoms with E-state index in [1.165, 1.54) is 42.5 Å². The van der Waals surface area contributed by atoms with Crippen LogP contribution in [0.25, 0.3) is 0 Å². The van der Waals surface area contributed by atoms with Crippen molar-refractivity contribution in [3.63, 3.8) is 0 Å². The fraction of sp³-hybridized carbons (Fsp3) is 0.333. The highest BCUT2D eigenvalue weighted by Gasteiger charge is 2.34. The van der Waals surface area contributed by atoms with Crippen molar-refractivity contribution in [2.45, 2.75) is 25.4 Å². The molecule has 2 atom stereocenters. The van der Waals surface area contributed by atoms with E-state index in [4.69, 9.17) is 22.1 Å². The second kappa shape index (κ2) is 9.22. The molecule has 1 heterocycles. The average molecular weight is 423 g/mol. The van der Waals surface area contributed by atoms with Gasteiger partial charge >= 0.3 is 0 Å². The molecule has 0 aliphatic carbocycles. The largest absolute Gasteiger partial charge is 0.490 e. The van der Waals surface area contributed by atoms with Gasteiger partial charge in [-0.25, -0.2) is 8.78 Å². The number of hydrogen-bond acceptors (Lipinski definition) is 3. The van der Waals surface area contributed by atoms with Gasteiger partial charge in [0.2, 0.25) is 11.8 Å². The molecule has 0 spiro atoms. The Hall–Kier alpha value is -2.67. The molecule has 1 fully saturated rings. The second-order valence-corrected chi connectivity index (χ2v) is 7.45. The molecule has 29 heavy (non-hydrogen) atoms. The molecule has 0 bridgehead atoms. The van der Waals surface area contributed by atoms with Crippen molar-refractivity contribution in [2.75, 3.05) is 13.1 Å². The van der Waals surface area contributed by atoms with Gasteiger partial charge in [0.05, 0.1) is 6.42 Å². The molecule has 2 aromatic carbocycles. The zero-order valence-electron chi connectivity index (χ0n) is 15.6. The predicted octanol–water partition coefficient (Wildman–Crippen LogP) is 3.33. The fourth-order valence-corrected chi connectivity index (χ4v) is 3.73. The number of carbonyl (C=O) groups is 2. The number of nitrogens with zero attached hydrogens (tertiary/aromatic N) is 1. The van der Waals surface area contributed by atoms with Crippen LogP contribution in [0.4, 0.5) is 8.78 Å². The second-order valence-electron chi connectivity index (χ2n) is 7.05. The minimum atomic E-state index is -0.533. The van der Waals surface area contributed by atoms with Gasteiger partial charge in [-0.2, -0.15) is 0 Å². The molecule has 1 saturated heterocycles. The van der Waals surface area contributed by atoms with Gasteiger partial charge in [-0.05, 0) is 36.4 Å². The molecule has 2 amide bonds. The topological polar surface area (TPSA) is 72.6 Å². The summed E-state index contributed by atoms with van der Waals surface area (Å²) >= 11 is 6.02. The van der Waals surface area contributed by atoms with E-state index < -0.39 is 11.7 Å². The number of benzene rings is 2. The van der Waals surface area contributed by atoms with Gasteiger partial charge in [-0.15, -0.1) is 0 Å². The van der Waals surface area contributed by atoms with Gasteiger partial charge < -0.3 is 15.4 Å². The van der Waals surface area contributed by atoms with Crippen LogP contribution >= 0.6 is 11.6 Å². The molecule has 8 heteroatoms. The number of rotatable bonds is 6. The van der Waals surface area contributed by atoms with Gasteiger partial charge in [-0.3, -0.25) is 9.59 Å². The maximum atomic E-state index is 14.0. The molecular weight excluding hydrogens is 402 g/mol. The minimum absolute atomic E-state index is 0.0378. The lowest BCUT2D eigenvalue weighted by Crippen LogP contribution is -2.49. The number of amides is 2. The van der Waals surface area contributed by atoms with E-state index in [9.17, 15) is 18.4 Å². The number of ether oxygens (including phenoxy) is 1. The number of carbonyl (C=O) groups excluding carboxylic acids is 2. The summed E-state index contributed by atoms with van der Waals surface area (Å²) in [6.07, 6.45) is -0.0189. The molecule has 2 aromatic rings. The molecule has 3 rings (SSSR count). The Morgan fingerprint density at radius 1 is 1.17 bits per heavy atom. The Morgan fingerprint density at radius 3 is 2.55 bits per heavy atom. The van der Waals surface area contributed by atoms with E-state index >= 15 is 0 Å². The summed E-state index contributed by atoms with van der Waals surface area (Å²) in [5.74, 6) is -1.55. The molecule has 0 saturated carbocycles. The highest BCUT2D eigenvalue weighted by atomic mass is 35.5. The van der Waals surface area contributed by atoms with Gasteiger partial charge in [0, 0.05) is 42.4 Å². The Labute approximate surface area is 172 Å². The van der Waals surface area contributed by atoms with Crippen LogP contribution in [0.3, 0.4) is 0 Å². The van der Waals surface area contributed by atoms with Crippen LogP contribution in [0.15, 0.2) is 42.5 Å². The lowest BCUT2D eigenvalue weighted by molar-refractivity contribution is -0.135. The third-order valence-corrected chi connectivity index (χ3v) is 5.33. The average Bonchev–Trinajstić information content (AvgIpc) is 2.67. The van der Waals surface area contributed by atoms with Gasteiger partial charge in [0.15, 0.2) is 0 Å². The standard InChI is InChI=1S/C21H21ClF2N2O3/c22-17-2-1-3-18(24)16(17)11-21(28)26-9-8-19(13(12-26)10-20(25)27)29-15-6-4-14(23)5-7-15/h1-7,13,19H,8-12H2,(H2,25,27)/t13-,19-/m0/s1. The van der Waals surface area contributed by atoms with E-state index in [1.807, 2.05) is 0 Å². The van der Waals surface area contributed by atoms with Crippen molar-refractivity contribution >= 4 is 23.4 Å². The highest BCUT2D eigenvalue weighted by Crippen LogP contribution is 2.27. The van der Waals surface area contributed by atoms with Crippen LogP contribution in [-0.2, 0) is 16.0 Å². The summed E-state index contributed by atoms with van der Waals surface area (Å²) in [5.41, 5.74) is 5.52. The Balaban J connectivity index is 1.69. The van der Waals surface area contributed by atoms with Crippen LogP contribution in [0.2, 0.25) is 5.02 Å². The maximum absolute atomic E-state index is 14.0. The number of nitrogens with two attached hydrogens (primary N) is 1. The highest BCUT2D eigenvalue weighted by molar-refractivity contribution is 6.31. The van der Waals surface area contributed by atoms with Gasteiger partial charge in [0.25, 0.3) is 0 Å². The third kappa shape index (κ3) is 5.44. The number of piperidine rings is 1. The number of halogens is 3. The van der Waals surface area contributed by atoms with E-state index in [1.54, 1.807) is 4.90 Å². The van der Waals surface area contributed by atoms with Crippen molar-refractivity contribution in [2.24, 2.45) is 11.7 Å². The first kappa shape index (κ1) is 21.0. The predicted molar refractivity (Wildman–Crippen MR) is 104 cm³/mol. The lowest BCUT2D eigenvalue weighted by Gasteiger charge is -2.38. The van der Waals surface area contributed by atoms with E-state index in [0.717, 1.165) is 0 Å². The summed E-state index contributed by atoms with van der Waals surface area (Å²) in [5, 5.41) is 0.196. The minimum Gasteiger partial charge on any atom is -0.490 e. The Bertz CT molecular complexity index is 872. The first-order valence-corrected chi connectivity index (χ1v) is 9.62. The van der Waals surface area contributed by atoms with E-state index in [-0.39, 0.29) is 53.7 Å². The van der Waals surface area contributed by atoms with Crippen LogP contribution in [0.1, 0.15) is 18.4 Å².